The molecule has 114 valence electrons. The molecule has 1 aromatic carbocycles. The number of pyridine rings is 1. The van der Waals surface area contributed by atoms with Crippen LogP contribution in [0.25, 0.3) is 0 Å². The molecule has 0 atom stereocenters. The fraction of sp³-hybridized carbons (Fsp3) is 0.294. The molecule has 1 aliphatic heterocycles. The van der Waals surface area contributed by atoms with Crippen molar-refractivity contribution in [3.8, 4) is 0 Å². The largest absolute Gasteiger partial charge is 0.395 e. The summed E-state index contributed by atoms with van der Waals surface area (Å²) in [4.78, 5) is 26.6. The molecule has 3 rings (SSSR count). The number of aromatic nitrogens is 1. The van der Waals surface area contributed by atoms with E-state index in [2.05, 4.69) is 0 Å². The Balaban J connectivity index is 2.08. The predicted molar refractivity (Wildman–Crippen MR) is 84.6 cm³/mol. The number of hydrogen-bond acceptors (Lipinski definition) is 4. The van der Waals surface area contributed by atoms with Crippen LogP contribution in [0.5, 0.6) is 0 Å². The van der Waals surface area contributed by atoms with Crippen LogP contribution in [0, 0.1) is 6.92 Å². The molecule has 0 aliphatic carbocycles. The first-order chi connectivity index (χ1) is 10.6. The van der Waals surface area contributed by atoms with Gasteiger partial charge in [-0.1, -0.05) is 29.8 Å². The maximum absolute atomic E-state index is 12.8. The van der Waals surface area contributed by atoms with Gasteiger partial charge in [0.2, 0.25) is 0 Å². The fourth-order valence-corrected chi connectivity index (χ4v) is 2.83. The van der Waals surface area contributed by atoms with Crippen molar-refractivity contribution in [2.45, 2.75) is 13.5 Å². The topological polar surface area (TPSA) is 62.5 Å². The molecule has 2 aromatic rings. The Kier molecular flexibility index (Phi) is 3.81. The molecule has 1 aromatic heterocycles. The molecule has 0 unspecified atom stereocenters. The normalized spacial score (nSPS) is 13.3. The average Bonchev–Trinajstić information content (AvgIpc) is 2.93. The smallest absolute Gasteiger partial charge is 0.252 e. The van der Waals surface area contributed by atoms with Gasteiger partial charge in [0.15, 0.2) is 5.78 Å². The first-order valence-electron chi connectivity index (χ1n) is 7.33. The molecule has 2 heterocycles. The number of hydrogen-bond donors (Lipinski definition) is 1. The molecule has 0 saturated heterocycles. The van der Waals surface area contributed by atoms with E-state index in [1.54, 1.807) is 22.8 Å². The van der Waals surface area contributed by atoms with Crippen LogP contribution < -0.4 is 10.5 Å². The minimum atomic E-state index is -0.115. The van der Waals surface area contributed by atoms with Gasteiger partial charge in [0.05, 0.1) is 12.2 Å². The van der Waals surface area contributed by atoms with Crippen LogP contribution in [-0.2, 0) is 6.54 Å². The quantitative estimate of drug-likeness (QED) is 0.862. The van der Waals surface area contributed by atoms with Gasteiger partial charge >= 0.3 is 0 Å². The molecule has 0 bridgehead atoms. The van der Waals surface area contributed by atoms with Gasteiger partial charge in [0, 0.05) is 31.3 Å². The van der Waals surface area contributed by atoms with Gasteiger partial charge in [-0.2, -0.15) is 0 Å². The number of fused-ring (bicyclic) bond motifs is 1. The average molecular weight is 298 g/mol. The molecular weight excluding hydrogens is 280 g/mol. The number of β-amino-alcohol motifs (C(OH)–C–C–N with tert-alkyl or cyclic N) is 1. The van der Waals surface area contributed by atoms with E-state index < -0.39 is 0 Å². The van der Waals surface area contributed by atoms with Gasteiger partial charge < -0.3 is 10.0 Å². The summed E-state index contributed by atoms with van der Waals surface area (Å²) in [6, 6.07) is 10.4. The molecule has 5 heteroatoms. The number of carbonyl (C=O) groups excluding carboxylic acids is 1. The van der Waals surface area contributed by atoms with E-state index in [0.717, 1.165) is 5.56 Å². The van der Waals surface area contributed by atoms with Crippen molar-refractivity contribution in [3.05, 3.63) is 63.4 Å². The third-order valence-corrected chi connectivity index (χ3v) is 3.98. The standard InChI is InChI=1S/C17H18N2O3/c1-12-2-4-13(5-3-12)16(22)14-6-7-15(21)19-9-8-18(10-11-20)17(14)19/h2-7,20H,8-11H2,1H3. The van der Waals surface area contributed by atoms with Gasteiger partial charge in [0.25, 0.3) is 5.56 Å². The van der Waals surface area contributed by atoms with Crippen LogP contribution in [0.4, 0.5) is 5.82 Å². The molecule has 22 heavy (non-hydrogen) atoms. The molecular formula is C17H18N2O3. The second-order valence-electron chi connectivity index (χ2n) is 5.47. The van der Waals surface area contributed by atoms with Crippen LogP contribution in [0.3, 0.4) is 0 Å². The zero-order valence-electron chi connectivity index (χ0n) is 12.5. The minimum absolute atomic E-state index is 0.0127. The Morgan fingerprint density at radius 1 is 1.14 bits per heavy atom. The highest BCUT2D eigenvalue weighted by molar-refractivity contribution is 6.12. The van der Waals surface area contributed by atoms with E-state index in [9.17, 15) is 14.7 Å². The lowest BCUT2D eigenvalue weighted by molar-refractivity contribution is 0.103. The molecule has 0 saturated carbocycles. The first kappa shape index (κ1) is 14.5. The van der Waals surface area contributed by atoms with Crippen molar-refractivity contribution in [3.63, 3.8) is 0 Å². The second-order valence-corrected chi connectivity index (χ2v) is 5.47. The molecule has 1 N–H and O–H groups in total. The summed E-state index contributed by atoms with van der Waals surface area (Å²) in [5.74, 6) is 0.515. The highest BCUT2D eigenvalue weighted by atomic mass is 16.3. The number of aliphatic hydroxyl groups excluding tert-OH is 1. The van der Waals surface area contributed by atoms with Crippen molar-refractivity contribution in [1.82, 2.24) is 4.57 Å². The molecule has 0 amide bonds. The number of ketones is 1. The Hall–Kier alpha value is -2.40. The summed E-state index contributed by atoms with van der Waals surface area (Å²) in [5.41, 5.74) is 2.08. The summed E-state index contributed by atoms with van der Waals surface area (Å²) < 4.78 is 1.61. The SMILES string of the molecule is Cc1ccc(C(=O)c2ccc(=O)n3c2N(CCO)CC3)cc1. The lowest BCUT2D eigenvalue weighted by atomic mass is 10.0. The number of aliphatic hydroxyl groups is 1. The van der Waals surface area contributed by atoms with E-state index in [1.165, 1.54) is 6.07 Å². The van der Waals surface area contributed by atoms with E-state index in [1.807, 2.05) is 24.0 Å². The van der Waals surface area contributed by atoms with E-state index in [0.29, 0.717) is 36.6 Å². The third kappa shape index (κ3) is 2.44. The van der Waals surface area contributed by atoms with Crippen LogP contribution in [0.15, 0.2) is 41.2 Å². The number of nitrogens with zero attached hydrogens (tertiary/aromatic N) is 2. The highest BCUT2D eigenvalue weighted by Gasteiger charge is 2.26. The molecule has 1 aliphatic rings. The summed E-state index contributed by atoms with van der Waals surface area (Å²) in [6.07, 6.45) is 0. The molecule has 0 spiro atoms. The number of anilines is 1. The molecule has 0 radical (unpaired) electrons. The maximum atomic E-state index is 12.8. The summed E-state index contributed by atoms with van der Waals surface area (Å²) in [7, 11) is 0. The predicted octanol–water partition coefficient (Wildman–Crippen LogP) is 1.20. The van der Waals surface area contributed by atoms with E-state index in [-0.39, 0.29) is 17.9 Å². The first-order valence-corrected chi connectivity index (χ1v) is 7.33. The van der Waals surface area contributed by atoms with Gasteiger partial charge in [-0.25, -0.2) is 0 Å². The summed E-state index contributed by atoms with van der Waals surface area (Å²) in [6.45, 7) is 3.55. The van der Waals surface area contributed by atoms with Crippen LogP contribution in [0.1, 0.15) is 21.5 Å². The Morgan fingerprint density at radius 3 is 2.55 bits per heavy atom. The number of benzene rings is 1. The van der Waals surface area contributed by atoms with Crippen LogP contribution in [-0.4, -0.2) is 35.2 Å². The third-order valence-electron chi connectivity index (χ3n) is 3.98. The second kappa shape index (κ2) is 5.77. The van der Waals surface area contributed by atoms with Gasteiger partial charge in [-0.3, -0.25) is 14.2 Å². The Bertz CT molecular complexity index is 762. The minimum Gasteiger partial charge on any atom is -0.395 e. The van der Waals surface area contributed by atoms with Gasteiger partial charge in [0.1, 0.15) is 5.82 Å². The van der Waals surface area contributed by atoms with Crippen LogP contribution >= 0.6 is 0 Å². The van der Waals surface area contributed by atoms with Crippen molar-refractivity contribution in [1.29, 1.82) is 0 Å². The highest BCUT2D eigenvalue weighted by Crippen LogP contribution is 2.26. The fourth-order valence-electron chi connectivity index (χ4n) is 2.83. The molecule has 0 fully saturated rings. The monoisotopic (exact) mass is 298 g/mol. The van der Waals surface area contributed by atoms with Crippen molar-refractivity contribution < 1.29 is 9.90 Å². The Labute approximate surface area is 128 Å². The zero-order chi connectivity index (χ0) is 15.7. The number of aryl methyl sites for hydroxylation is 1. The van der Waals surface area contributed by atoms with Crippen LogP contribution in [0.2, 0.25) is 0 Å². The van der Waals surface area contributed by atoms with Gasteiger partial charge in [-0.15, -0.1) is 0 Å². The lowest BCUT2D eigenvalue weighted by Gasteiger charge is -2.19. The zero-order valence-corrected chi connectivity index (χ0v) is 12.5. The molecule has 5 nitrogen and oxygen atoms in total. The number of rotatable bonds is 4. The summed E-state index contributed by atoms with van der Waals surface area (Å²) in [5, 5.41) is 9.18. The summed E-state index contributed by atoms with van der Waals surface area (Å²) >= 11 is 0. The van der Waals surface area contributed by atoms with Crippen molar-refractivity contribution in [2.75, 3.05) is 24.6 Å². The van der Waals surface area contributed by atoms with Crippen molar-refractivity contribution >= 4 is 11.6 Å². The maximum Gasteiger partial charge on any atom is 0.252 e. The van der Waals surface area contributed by atoms with E-state index >= 15 is 0 Å². The van der Waals surface area contributed by atoms with Crippen molar-refractivity contribution in [2.24, 2.45) is 0 Å². The van der Waals surface area contributed by atoms with E-state index in [4.69, 9.17) is 0 Å². The lowest BCUT2D eigenvalue weighted by Crippen LogP contribution is -2.27. The Morgan fingerprint density at radius 2 is 1.86 bits per heavy atom. The van der Waals surface area contributed by atoms with Gasteiger partial charge in [-0.05, 0) is 13.0 Å². The number of carbonyl (C=O) groups is 1.